The lowest BCUT2D eigenvalue weighted by molar-refractivity contribution is -0.275. The maximum Gasteiger partial charge on any atom is 0.0899 e. The monoisotopic (exact) mass is 314 g/mol. The Morgan fingerprint density at radius 3 is 1.23 bits per heavy atom. The van der Waals surface area contributed by atoms with E-state index in [-0.39, 0.29) is 6.10 Å². The van der Waals surface area contributed by atoms with Gasteiger partial charge in [0.1, 0.15) is 0 Å². The fraction of sp³-hybridized carbons (Fsp3) is 1.00. The van der Waals surface area contributed by atoms with E-state index in [1.54, 1.807) is 0 Å². The van der Waals surface area contributed by atoms with Crippen LogP contribution in [0.2, 0.25) is 0 Å². The van der Waals surface area contributed by atoms with Gasteiger partial charge in [-0.25, -0.2) is 4.89 Å². The largest absolute Gasteiger partial charge is 0.252 e. The van der Waals surface area contributed by atoms with Crippen LogP contribution in [0.15, 0.2) is 0 Å². The highest BCUT2D eigenvalue weighted by molar-refractivity contribution is 4.52. The molecule has 0 spiro atoms. The van der Waals surface area contributed by atoms with Crippen molar-refractivity contribution < 1.29 is 10.1 Å². The van der Waals surface area contributed by atoms with Gasteiger partial charge in [-0.2, -0.15) is 0 Å². The summed E-state index contributed by atoms with van der Waals surface area (Å²) in [7, 11) is 0. The first-order valence-corrected chi connectivity index (χ1v) is 10.1. The summed E-state index contributed by atoms with van der Waals surface area (Å²) >= 11 is 0. The Labute approximate surface area is 140 Å². The molecule has 134 valence electrons. The Bertz CT molecular complexity index is 194. The van der Waals surface area contributed by atoms with Crippen molar-refractivity contribution in [3.05, 3.63) is 0 Å². The summed E-state index contributed by atoms with van der Waals surface area (Å²) in [5.41, 5.74) is 0. The lowest BCUT2D eigenvalue weighted by Gasteiger charge is -2.06. The first-order valence-electron chi connectivity index (χ1n) is 10.1. The first-order chi connectivity index (χ1) is 10.8. The Morgan fingerprint density at radius 1 is 0.591 bits per heavy atom. The molecule has 2 nitrogen and oxygen atoms in total. The summed E-state index contributed by atoms with van der Waals surface area (Å²) in [6.07, 6.45) is 23.4. The van der Waals surface area contributed by atoms with Crippen LogP contribution in [0, 0.1) is 0 Å². The van der Waals surface area contributed by atoms with Crippen molar-refractivity contribution in [2.24, 2.45) is 0 Å². The van der Waals surface area contributed by atoms with Crippen LogP contribution in [0.4, 0.5) is 0 Å². The lowest BCUT2D eigenvalue weighted by Crippen LogP contribution is -2.04. The Morgan fingerprint density at radius 2 is 0.909 bits per heavy atom. The maximum absolute atomic E-state index is 8.46. The van der Waals surface area contributed by atoms with Crippen molar-refractivity contribution in [1.29, 1.82) is 0 Å². The highest BCUT2D eigenvalue weighted by Gasteiger charge is 2.00. The molecule has 0 aromatic heterocycles. The second-order valence-corrected chi connectivity index (χ2v) is 7.01. The molecular formula is C20H42O2. The van der Waals surface area contributed by atoms with Crippen LogP contribution in [-0.4, -0.2) is 11.4 Å². The van der Waals surface area contributed by atoms with Gasteiger partial charge in [-0.05, 0) is 13.3 Å². The zero-order valence-electron chi connectivity index (χ0n) is 15.5. The predicted octanol–water partition coefficient (Wildman–Crippen LogP) is 7.52. The normalized spacial score (nSPS) is 12.7. The van der Waals surface area contributed by atoms with Gasteiger partial charge in [0.05, 0.1) is 6.10 Å². The molecule has 1 unspecified atom stereocenters. The first kappa shape index (κ1) is 21.9. The summed E-state index contributed by atoms with van der Waals surface area (Å²) in [6, 6.07) is 0. The van der Waals surface area contributed by atoms with Crippen molar-refractivity contribution >= 4 is 0 Å². The molecule has 0 bridgehead atoms. The van der Waals surface area contributed by atoms with Crippen molar-refractivity contribution in [3.63, 3.8) is 0 Å². The van der Waals surface area contributed by atoms with E-state index >= 15 is 0 Å². The standard InChI is InChI=1S/C20H42O2/c1-3-4-5-6-7-8-9-10-11-12-13-14-15-16-17-18-19-20(2)22-21/h20-21H,3-19H2,1-2H3. The van der Waals surface area contributed by atoms with Gasteiger partial charge in [0, 0.05) is 0 Å². The molecule has 1 N–H and O–H groups in total. The molecule has 0 radical (unpaired) electrons. The average Bonchev–Trinajstić information content (AvgIpc) is 2.54. The minimum atomic E-state index is 0.00615. The Balaban J connectivity index is 2.97. The fourth-order valence-corrected chi connectivity index (χ4v) is 3.03. The topological polar surface area (TPSA) is 29.5 Å². The van der Waals surface area contributed by atoms with E-state index in [4.69, 9.17) is 5.26 Å². The van der Waals surface area contributed by atoms with Gasteiger partial charge >= 0.3 is 0 Å². The molecule has 0 aliphatic carbocycles. The number of hydrogen-bond acceptors (Lipinski definition) is 2. The molecule has 1 atom stereocenters. The third kappa shape index (κ3) is 18.0. The van der Waals surface area contributed by atoms with Crippen molar-refractivity contribution in [3.8, 4) is 0 Å². The highest BCUT2D eigenvalue weighted by Crippen LogP contribution is 2.14. The van der Waals surface area contributed by atoms with Gasteiger partial charge in [0.25, 0.3) is 0 Å². The summed E-state index contributed by atoms with van der Waals surface area (Å²) in [5.74, 6) is 0. The minimum absolute atomic E-state index is 0.00615. The molecule has 0 heterocycles. The van der Waals surface area contributed by atoms with Crippen molar-refractivity contribution in [1.82, 2.24) is 0 Å². The van der Waals surface area contributed by atoms with E-state index in [1.807, 2.05) is 6.92 Å². The summed E-state index contributed by atoms with van der Waals surface area (Å²) < 4.78 is 0. The fourth-order valence-electron chi connectivity index (χ4n) is 3.03. The molecule has 0 saturated heterocycles. The van der Waals surface area contributed by atoms with E-state index in [2.05, 4.69) is 11.8 Å². The third-order valence-corrected chi connectivity index (χ3v) is 4.64. The molecule has 0 aromatic carbocycles. The molecule has 0 aliphatic heterocycles. The molecule has 0 saturated carbocycles. The quantitative estimate of drug-likeness (QED) is 0.161. The van der Waals surface area contributed by atoms with Crippen LogP contribution < -0.4 is 0 Å². The van der Waals surface area contributed by atoms with Crippen molar-refractivity contribution in [2.75, 3.05) is 0 Å². The number of hydrogen-bond donors (Lipinski definition) is 1. The SMILES string of the molecule is CCCCCCCCCCCCCCCCCCC(C)OO. The smallest absolute Gasteiger partial charge is 0.0899 e. The Kier molecular flexibility index (Phi) is 18.9. The number of unbranched alkanes of at least 4 members (excludes halogenated alkanes) is 15. The zero-order valence-corrected chi connectivity index (χ0v) is 15.5. The summed E-state index contributed by atoms with van der Waals surface area (Å²) in [6.45, 7) is 4.21. The van der Waals surface area contributed by atoms with Crippen LogP contribution in [0.3, 0.4) is 0 Å². The van der Waals surface area contributed by atoms with E-state index in [0.29, 0.717) is 0 Å². The summed E-state index contributed by atoms with van der Waals surface area (Å²) in [5, 5.41) is 8.46. The van der Waals surface area contributed by atoms with Gasteiger partial charge in [0.15, 0.2) is 0 Å². The van der Waals surface area contributed by atoms with Gasteiger partial charge in [-0.1, -0.05) is 110 Å². The molecule has 0 fully saturated rings. The second-order valence-electron chi connectivity index (χ2n) is 7.01. The van der Waals surface area contributed by atoms with Crippen LogP contribution in [0.5, 0.6) is 0 Å². The predicted molar refractivity (Wildman–Crippen MR) is 97.3 cm³/mol. The number of rotatable bonds is 18. The van der Waals surface area contributed by atoms with Crippen LogP contribution >= 0.6 is 0 Å². The molecule has 0 amide bonds. The average molecular weight is 315 g/mol. The molecule has 22 heavy (non-hydrogen) atoms. The van der Waals surface area contributed by atoms with Crippen LogP contribution in [-0.2, 0) is 4.89 Å². The zero-order chi connectivity index (χ0) is 16.3. The highest BCUT2D eigenvalue weighted by atomic mass is 17.1. The van der Waals surface area contributed by atoms with E-state index < -0.39 is 0 Å². The molecular weight excluding hydrogens is 272 g/mol. The molecule has 2 heteroatoms. The second kappa shape index (κ2) is 19.0. The van der Waals surface area contributed by atoms with Crippen molar-refractivity contribution in [2.45, 2.75) is 129 Å². The van der Waals surface area contributed by atoms with E-state index in [9.17, 15) is 0 Å². The van der Waals surface area contributed by atoms with Gasteiger partial charge in [-0.3, -0.25) is 5.26 Å². The van der Waals surface area contributed by atoms with Crippen LogP contribution in [0.1, 0.15) is 123 Å². The maximum atomic E-state index is 8.46. The van der Waals surface area contributed by atoms with Gasteiger partial charge in [0.2, 0.25) is 0 Å². The van der Waals surface area contributed by atoms with Crippen LogP contribution in [0.25, 0.3) is 0 Å². The molecule has 0 aliphatic rings. The van der Waals surface area contributed by atoms with Gasteiger partial charge in [-0.15, -0.1) is 0 Å². The lowest BCUT2D eigenvalue weighted by atomic mass is 10.0. The molecule has 0 rings (SSSR count). The summed E-state index contributed by atoms with van der Waals surface area (Å²) in [4.78, 5) is 4.27. The Hall–Kier alpha value is -0.0800. The van der Waals surface area contributed by atoms with E-state index in [1.165, 1.54) is 103 Å². The molecule has 0 aromatic rings. The van der Waals surface area contributed by atoms with E-state index in [0.717, 1.165) is 6.42 Å². The third-order valence-electron chi connectivity index (χ3n) is 4.64. The minimum Gasteiger partial charge on any atom is -0.252 e. The van der Waals surface area contributed by atoms with Gasteiger partial charge < -0.3 is 0 Å².